The highest BCUT2D eigenvalue weighted by atomic mass is 32.1. The summed E-state index contributed by atoms with van der Waals surface area (Å²) in [6, 6.07) is 9.42. The number of hydrogen-bond donors (Lipinski definition) is 0. The van der Waals surface area contributed by atoms with Crippen molar-refractivity contribution in [2.24, 2.45) is 7.05 Å². The van der Waals surface area contributed by atoms with Crippen molar-refractivity contribution in [3.05, 3.63) is 53.7 Å². The Labute approximate surface area is 177 Å². The summed E-state index contributed by atoms with van der Waals surface area (Å²) in [6.07, 6.45) is 1.76. The topological polar surface area (TPSA) is 94.6 Å². The molecule has 30 heavy (non-hydrogen) atoms. The fraction of sp³-hybridized carbons (Fsp3) is 0.300. The van der Waals surface area contributed by atoms with Crippen molar-refractivity contribution in [2.75, 3.05) is 6.54 Å². The van der Waals surface area contributed by atoms with Crippen LogP contribution in [0.5, 0.6) is 0 Å². The molecular formula is C20H20N8OS. The summed E-state index contributed by atoms with van der Waals surface area (Å²) in [4.78, 5) is 19.5. The molecule has 0 N–H and O–H groups in total. The lowest BCUT2D eigenvalue weighted by molar-refractivity contribution is 0.0638. The van der Waals surface area contributed by atoms with Gasteiger partial charge in [-0.15, -0.1) is 10.2 Å². The second-order valence-electron chi connectivity index (χ2n) is 7.27. The largest absolute Gasteiger partial charge is 0.327 e. The van der Waals surface area contributed by atoms with Gasteiger partial charge in [0.15, 0.2) is 16.7 Å². The monoisotopic (exact) mass is 420 g/mol. The SMILES string of the molecule is Cc1nsc(-c2nnc3n2CCN(C(=O)c2ccc(-c4ccnn4C)cc2)[C@@H]3C)n1. The van der Waals surface area contributed by atoms with Crippen molar-refractivity contribution in [3.63, 3.8) is 0 Å². The van der Waals surface area contributed by atoms with Gasteiger partial charge >= 0.3 is 0 Å². The van der Waals surface area contributed by atoms with Crippen molar-refractivity contribution in [1.29, 1.82) is 0 Å². The molecule has 0 radical (unpaired) electrons. The van der Waals surface area contributed by atoms with Gasteiger partial charge in [0, 0.05) is 31.9 Å². The Morgan fingerprint density at radius 2 is 1.93 bits per heavy atom. The van der Waals surface area contributed by atoms with Crippen LogP contribution in [0, 0.1) is 6.92 Å². The van der Waals surface area contributed by atoms with Crippen LogP contribution >= 0.6 is 11.5 Å². The molecule has 0 fully saturated rings. The average Bonchev–Trinajstić information content (AvgIpc) is 3.47. The number of amides is 1. The molecule has 1 aromatic carbocycles. The lowest BCUT2D eigenvalue weighted by atomic mass is 10.1. The molecule has 3 aromatic heterocycles. The normalized spacial score (nSPS) is 16.0. The quantitative estimate of drug-likeness (QED) is 0.506. The molecule has 1 atom stereocenters. The molecule has 5 rings (SSSR count). The first-order valence-corrected chi connectivity index (χ1v) is 10.4. The number of hydrogen-bond acceptors (Lipinski definition) is 7. The van der Waals surface area contributed by atoms with E-state index in [4.69, 9.17) is 0 Å². The molecule has 9 nitrogen and oxygen atoms in total. The van der Waals surface area contributed by atoms with Crippen LogP contribution in [0.1, 0.15) is 35.0 Å². The summed E-state index contributed by atoms with van der Waals surface area (Å²) in [5.41, 5.74) is 2.68. The van der Waals surface area contributed by atoms with Gasteiger partial charge in [0.05, 0.1) is 11.7 Å². The van der Waals surface area contributed by atoms with Crippen LogP contribution in [0.25, 0.3) is 22.1 Å². The van der Waals surface area contributed by atoms with Gasteiger partial charge in [-0.3, -0.25) is 9.48 Å². The third kappa shape index (κ3) is 3.00. The van der Waals surface area contributed by atoms with E-state index >= 15 is 0 Å². The smallest absolute Gasteiger partial charge is 0.254 e. The molecule has 1 amide bonds. The van der Waals surface area contributed by atoms with Gasteiger partial charge < -0.3 is 9.47 Å². The van der Waals surface area contributed by atoms with Gasteiger partial charge in [-0.25, -0.2) is 4.98 Å². The lowest BCUT2D eigenvalue weighted by Crippen LogP contribution is -2.41. The maximum absolute atomic E-state index is 13.2. The Balaban J connectivity index is 1.39. The number of aromatic nitrogens is 7. The molecule has 0 saturated carbocycles. The van der Waals surface area contributed by atoms with E-state index in [2.05, 4.69) is 24.7 Å². The fourth-order valence-corrected chi connectivity index (χ4v) is 4.48. The molecule has 0 bridgehead atoms. The molecule has 152 valence electrons. The molecule has 0 aliphatic carbocycles. The van der Waals surface area contributed by atoms with Crippen LogP contribution in [0.15, 0.2) is 36.5 Å². The van der Waals surface area contributed by atoms with Gasteiger partial charge in [0.25, 0.3) is 5.91 Å². The van der Waals surface area contributed by atoms with Crippen LogP contribution in [0.4, 0.5) is 0 Å². The predicted molar refractivity (Wildman–Crippen MR) is 112 cm³/mol. The van der Waals surface area contributed by atoms with Crippen LogP contribution in [0.2, 0.25) is 0 Å². The van der Waals surface area contributed by atoms with Gasteiger partial charge in [-0.05, 0) is 49.1 Å². The zero-order chi connectivity index (χ0) is 20.8. The lowest BCUT2D eigenvalue weighted by Gasteiger charge is -2.33. The van der Waals surface area contributed by atoms with E-state index in [1.165, 1.54) is 11.5 Å². The number of rotatable bonds is 3. The summed E-state index contributed by atoms with van der Waals surface area (Å²) in [6.45, 7) is 5.05. The third-order valence-electron chi connectivity index (χ3n) is 5.41. The van der Waals surface area contributed by atoms with E-state index in [-0.39, 0.29) is 11.9 Å². The maximum Gasteiger partial charge on any atom is 0.254 e. The van der Waals surface area contributed by atoms with Crippen LogP contribution in [-0.4, -0.2) is 51.3 Å². The summed E-state index contributed by atoms with van der Waals surface area (Å²) in [5.74, 6) is 2.20. The van der Waals surface area contributed by atoms with Crippen LogP contribution in [0.3, 0.4) is 0 Å². The molecule has 1 aliphatic heterocycles. The highest BCUT2D eigenvalue weighted by Crippen LogP contribution is 2.30. The second-order valence-corrected chi connectivity index (χ2v) is 8.02. The minimum atomic E-state index is -0.182. The van der Waals surface area contributed by atoms with E-state index < -0.39 is 0 Å². The highest BCUT2D eigenvalue weighted by molar-refractivity contribution is 7.09. The Bertz CT molecular complexity index is 1220. The van der Waals surface area contributed by atoms with Gasteiger partial charge in [0.1, 0.15) is 5.82 Å². The van der Waals surface area contributed by atoms with Crippen molar-refractivity contribution in [1.82, 2.24) is 38.8 Å². The minimum absolute atomic E-state index is 0.0124. The van der Waals surface area contributed by atoms with Crippen molar-refractivity contribution < 1.29 is 4.79 Å². The first-order valence-electron chi connectivity index (χ1n) is 9.66. The number of carbonyl (C=O) groups excluding carboxylic acids is 1. The van der Waals surface area contributed by atoms with Crippen molar-refractivity contribution in [3.8, 4) is 22.1 Å². The number of benzene rings is 1. The van der Waals surface area contributed by atoms with E-state index in [1.807, 2.05) is 65.4 Å². The highest BCUT2D eigenvalue weighted by Gasteiger charge is 2.32. The standard InChI is InChI=1S/C20H20N8OS/c1-12-17-23-24-18(19-22-13(2)25-30-19)28(17)11-10-27(12)20(29)15-6-4-14(5-7-15)16-8-9-21-26(16)3/h4-9,12H,10-11H2,1-3H3/t12-/m1/s1. The zero-order valence-electron chi connectivity index (χ0n) is 16.8. The van der Waals surface area contributed by atoms with E-state index in [0.29, 0.717) is 18.7 Å². The van der Waals surface area contributed by atoms with E-state index in [9.17, 15) is 4.79 Å². The Morgan fingerprint density at radius 1 is 1.13 bits per heavy atom. The third-order valence-corrected chi connectivity index (χ3v) is 6.22. The molecule has 0 spiro atoms. The Morgan fingerprint density at radius 3 is 2.60 bits per heavy atom. The summed E-state index contributed by atoms with van der Waals surface area (Å²) < 4.78 is 8.09. The summed E-state index contributed by atoms with van der Waals surface area (Å²) in [5, 5.41) is 13.6. The first kappa shape index (κ1) is 18.6. The Kier molecular flexibility index (Phi) is 4.43. The zero-order valence-corrected chi connectivity index (χ0v) is 17.7. The molecule has 10 heteroatoms. The first-order chi connectivity index (χ1) is 14.5. The number of fused-ring (bicyclic) bond motifs is 1. The molecule has 0 saturated heterocycles. The van der Waals surface area contributed by atoms with Gasteiger partial charge in [-0.2, -0.15) is 9.47 Å². The predicted octanol–water partition coefficient (Wildman–Crippen LogP) is 2.72. The molecule has 4 aromatic rings. The van der Waals surface area contributed by atoms with Crippen molar-refractivity contribution >= 4 is 17.4 Å². The molecule has 1 aliphatic rings. The average molecular weight is 421 g/mol. The molecular weight excluding hydrogens is 400 g/mol. The summed E-state index contributed by atoms with van der Waals surface area (Å²) in [7, 11) is 1.90. The van der Waals surface area contributed by atoms with E-state index in [0.717, 1.165) is 33.7 Å². The number of carbonyl (C=O) groups is 1. The van der Waals surface area contributed by atoms with Crippen LogP contribution < -0.4 is 0 Å². The summed E-state index contributed by atoms with van der Waals surface area (Å²) >= 11 is 1.32. The Hall–Kier alpha value is -3.40. The maximum atomic E-state index is 13.2. The van der Waals surface area contributed by atoms with Crippen molar-refractivity contribution in [2.45, 2.75) is 26.4 Å². The second kappa shape index (κ2) is 7.13. The molecule has 4 heterocycles. The number of nitrogens with zero attached hydrogens (tertiary/aromatic N) is 8. The van der Waals surface area contributed by atoms with Crippen LogP contribution in [-0.2, 0) is 13.6 Å². The van der Waals surface area contributed by atoms with Gasteiger partial charge in [-0.1, -0.05) is 12.1 Å². The van der Waals surface area contributed by atoms with Gasteiger partial charge in [0.2, 0.25) is 0 Å². The number of aryl methyl sites for hydroxylation is 2. The minimum Gasteiger partial charge on any atom is -0.327 e. The van der Waals surface area contributed by atoms with E-state index in [1.54, 1.807) is 6.20 Å². The fourth-order valence-electron chi connectivity index (χ4n) is 3.82. The molecule has 0 unspecified atom stereocenters.